The lowest BCUT2D eigenvalue weighted by Crippen LogP contribution is -2.47. The van der Waals surface area contributed by atoms with Gasteiger partial charge in [-0.3, -0.25) is 0 Å². The van der Waals surface area contributed by atoms with E-state index >= 15 is 0 Å². The lowest BCUT2D eigenvalue weighted by Gasteiger charge is -2.32. The van der Waals surface area contributed by atoms with Crippen LogP contribution in [0.25, 0.3) is 0 Å². The Morgan fingerprint density at radius 1 is 1.50 bits per heavy atom. The number of morpholine rings is 1. The average Bonchev–Trinajstić information content (AvgIpc) is 2.38. The summed E-state index contributed by atoms with van der Waals surface area (Å²) in [5.74, 6) is -0.299. The van der Waals surface area contributed by atoms with E-state index < -0.39 is 0 Å². The molecule has 18 heavy (non-hydrogen) atoms. The molecule has 1 fully saturated rings. The van der Waals surface area contributed by atoms with Gasteiger partial charge in [-0.25, -0.2) is 9.18 Å². The molecule has 0 saturated carbocycles. The molecule has 1 aliphatic heterocycles. The van der Waals surface area contributed by atoms with Gasteiger partial charge in [0.2, 0.25) is 0 Å². The second-order valence-corrected chi connectivity index (χ2v) is 4.30. The number of carbonyl (C=O) groups excluding carboxylic acids is 1. The molecule has 0 radical (unpaired) electrons. The molecule has 98 valence electrons. The Kier molecular flexibility index (Phi) is 4.15. The summed E-state index contributed by atoms with van der Waals surface area (Å²) in [6.07, 6.45) is -0.352. The van der Waals surface area contributed by atoms with Gasteiger partial charge in [-0.2, -0.15) is 0 Å². The van der Waals surface area contributed by atoms with Crippen molar-refractivity contribution >= 4 is 6.09 Å². The molecule has 0 aliphatic carbocycles. The molecule has 1 amide bonds. The lowest BCUT2D eigenvalue weighted by molar-refractivity contribution is -0.00483. The van der Waals surface area contributed by atoms with Gasteiger partial charge in [0.15, 0.2) is 0 Å². The van der Waals surface area contributed by atoms with Crippen LogP contribution in [-0.4, -0.2) is 36.8 Å². The molecule has 1 aromatic rings. The van der Waals surface area contributed by atoms with E-state index in [4.69, 9.17) is 9.47 Å². The quantitative estimate of drug-likeness (QED) is 0.811. The summed E-state index contributed by atoms with van der Waals surface area (Å²) in [4.78, 5) is 13.5. The van der Waals surface area contributed by atoms with E-state index in [0.29, 0.717) is 19.8 Å². The fourth-order valence-electron chi connectivity index (χ4n) is 1.81. The van der Waals surface area contributed by atoms with Crippen LogP contribution in [0.5, 0.6) is 0 Å². The number of nitrogens with zero attached hydrogens (tertiary/aromatic N) is 1. The Morgan fingerprint density at radius 3 is 2.89 bits per heavy atom. The molecule has 1 atom stereocenters. The molecule has 1 aliphatic rings. The van der Waals surface area contributed by atoms with Gasteiger partial charge in [-0.05, 0) is 24.6 Å². The zero-order valence-corrected chi connectivity index (χ0v) is 10.3. The number of benzene rings is 1. The highest BCUT2D eigenvalue weighted by Crippen LogP contribution is 2.10. The number of carbonyl (C=O) groups is 1. The van der Waals surface area contributed by atoms with Crippen LogP contribution < -0.4 is 0 Å². The standard InChI is InChI=1S/C13H16FNO3/c1-10-8-17-7-6-15(10)13(16)18-9-11-2-4-12(14)5-3-11/h2-5,10H,6-9H2,1H3. The minimum absolute atomic E-state index is 0.0273. The Bertz CT molecular complexity index is 407. The fourth-order valence-corrected chi connectivity index (χ4v) is 1.81. The lowest BCUT2D eigenvalue weighted by atomic mass is 10.2. The van der Waals surface area contributed by atoms with Crippen molar-refractivity contribution in [1.82, 2.24) is 4.90 Å². The second kappa shape index (κ2) is 5.82. The maximum absolute atomic E-state index is 12.7. The van der Waals surface area contributed by atoms with Crippen molar-refractivity contribution in [3.8, 4) is 0 Å². The van der Waals surface area contributed by atoms with Crippen LogP contribution in [0.2, 0.25) is 0 Å². The Balaban J connectivity index is 1.85. The topological polar surface area (TPSA) is 38.8 Å². The SMILES string of the molecule is CC1COCCN1C(=O)OCc1ccc(F)cc1. The van der Waals surface area contributed by atoms with Crippen LogP contribution >= 0.6 is 0 Å². The summed E-state index contributed by atoms with van der Waals surface area (Å²) >= 11 is 0. The van der Waals surface area contributed by atoms with E-state index in [0.717, 1.165) is 5.56 Å². The predicted octanol–water partition coefficient (Wildman–Crippen LogP) is 2.18. The third kappa shape index (κ3) is 3.20. The van der Waals surface area contributed by atoms with Crippen molar-refractivity contribution in [2.24, 2.45) is 0 Å². The Hall–Kier alpha value is -1.62. The maximum atomic E-state index is 12.7. The zero-order chi connectivity index (χ0) is 13.0. The summed E-state index contributed by atoms with van der Waals surface area (Å²) < 4.78 is 23.1. The van der Waals surface area contributed by atoms with Gasteiger partial charge in [0.05, 0.1) is 19.3 Å². The van der Waals surface area contributed by atoms with Gasteiger partial charge in [0, 0.05) is 6.54 Å². The highest BCUT2D eigenvalue weighted by atomic mass is 19.1. The second-order valence-electron chi connectivity index (χ2n) is 4.30. The normalized spacial score (nSPS) is 19.7. The van der Waals surface area contributed by atoms with E-state index in [-0.39, 0.29) is 24.6 Å². The molecule has 4 nitrogen and oxygen atoms in total. The summed E-state index contributed by atoms with van der Waals surface area (Å²) in [6, 6.07) is 5.93. The molecular formula is C13H16FNO3. The maximum Gasteiger partial charge on any atom is 0.410 e. The molecule has 5 heteroatoms. The van der Waals surface area contributed by atoms with Crippen LogP contribution in [0, 0.1) is 5.82 Å². The summed E-state index contributed by atoms with van der Waals surface area (Å²) in [6.45, 7) is 3.69. The molecule has 0 aromatic heterocycles. The number of halogens is 1. The van der Waals surface area contributed by atoms with E-state index in [2.05, 4.69) is 0 Å². The van der Waals surface area contributed by atoms with Crippen LogP contribution in [0.4, 0.5) is 9.18 Å². The van der Waals surface area contributed by atoms with Crippen molar-refractivity contribution < 1.29 is 18.7 Å². The van der Waals surface area contributed by atoms with Crippen molar-refractivity contribution in [2.75, 3.05) is 19.8 Å². The van der Waals surface area contributed by atoms with Crippen molar-refractivity contribution in [1.29, 1.82) is 0 Å². The Morgan fingerprint density at radius 2 is 2.22 bits per heavy atom. The van der Waals surface area contributed by atoms with Gasteiger partial charge in [-0.15, -0.1) is 0 Å². The van der Waals surface area contributed by atoms with Gasteiger partial charge in [0.1, 0.15) is 12.4 Å². The van der Waals surface area contributed by atoms with Crippen LogP contribution in [0.3, 0.4) is 0 Å². The van der Waals surface area contributed by atoms with E-state index in [1.807, 2.05) is 6.92 Å². The highest BCUT2D eigenvalue weighted by Gasteiger charge is 2.24. The van der Waals surface area contributed by atoms with E-state index in [1.54, 1.807) is 17.0 Å². The molecule has 2 rings (SSSR count). The van der Waals surface area contributed by atoms with Crippen LogP contribution in [-0.2, 0) is 16.1 Å². The first-order valence-electron chi connectivity index (χ1n) is 5.92. The average molecular weight is 253 g/mol. The molecule has 0 bridgehead atoms. The number of amides is 1. The monoisotopic (exact) mass is 253 g/mol. The number of ether oxygens (including phenoxy) is 2. The minimum Gasteiger partial charge on any atom is -0.445 e. The summed E-state index contributed by atoms with van der Waals surface area (Å²) in [7, 11) is 0. The van der Waals surface area contributed by atoms with Gasteiger partial charge >= 0.3 is 6.09 Å². The minimum atomic E-state index is -0.352. The first kappa shape index (κ1) is 12.8. The van der Waals surface area contributed by atoms with Crippen LogP contribution in [0.1, 0.15) is 12.5 Å². The zero-order valence-electron chi connectivity index (χ0n) is 10.3. The first-order chi connectivity index (χ1) is 8.66. The number of hydrogen-bond donors (Lipinski definition) is 0. The van der Waals surface area contributed by atoms with Gasteiger partial charge in [-0.1, -0.05) is 12.1 Å². The van der Waals surface area contributed by atoms with E-state index in [1.165, 1.54) is 12.1 Å². The molecule has 1 aromatic carbocycles. The third-order valence-electron chi connectivity index (χ3n) is 2.88. The number of hydrogen-bond acceptors (Lipinski definition) is 3. The van der Waals surface area contributed by atoms with Crippen molar-refractivity contribution in [3.05, 3.63) is 35.6 Å². The largest absolute Gasteiger partial charge is 0.445 e. The molecule has 0 N–H and O–H groups in total. The molecule has 1 saturated heterocycles. The van der Waals surface area contributed by atoms with Crippen molar-refractivity contribution in [2.45, 2.75) is 19.6 Å². The van der Waals surface area contributed by atoms with Crippen molar-refractivity contribution in [3.63, 3.8) is 0 Å². The van der Waals surface area contributed by atoms with Gasteiger partial charge in [0.25, 0.3) is 0 Å². The smallest absolute Gasteiger partial charge is 0.410 e. The summed E-state index contributed by atoms with van der Waals surface area (Å²) in [5.41, 5.74) is 0.769. The number of rotatable bonds is 2. The first-order valence-corrected chi connectivity index (χ1v) is 5.92. The van der Waals surface area contributed by atoms with Crippen LogP contribution in [0.15, 0.2) is 24.3 Å². The highest BCUT2D eigenvalue weighted by molar-refractivity contribution is 5.68. The molecule has 0 spiro atoms. The third-order valence-corrected chi connectivity index (χ3v) is 2.88. The molecular weight excluding hydrogens is 237 g/mol. The fraction of sp³-hybridized carbons (Fsp3) is 0.462. The summed E-state index contributed by atoms with van der Waals surface area (Å²) in [5, 5.41) is 0. The van der Waals surface area contributed by atoms with E-state index in [9.17, 15) is 9.18 Å². The predicted molar refractivity (Wildman–Crippen MR) is 63.6 cm³/mol. The Labute approximate surface area is 105 Å². The molecule has 1 heterocycles. The molecule has 1 unspecified atom stereocenters. The van der Waals surface area contributed by atoms with Gasteiger partial charge < -0.3 is 14.4 Å².